The lowest BCUT2D eigenvalue weighted by atomic mass is 9.84. The van der Waals surface area contributed by atoms with Crippen LogP contribution < -0.4 is 14.8 Å². The van der Waals surface area contributed by atoms with E-state index in [9.17, 15) is 18.8 Å². The molecule has 8 nitrogen and oxygen atoms in total. The summed E-state index contributed by atoms with van der Waals surface area (Å²) < 4.78 is 24.2. The molecule has 36 heavy (non-hydrogen) atoms. The fourth-order valence-corrected chi connectivity index (χ4v) is 5.04. The number of piperazine rings is 1. The Balaban J connectivity index is 1.34. The molecule has 9 heteroatoms. The molecule has 0 spiro atoms. The Bertz CT molecular complexity index is 1130. The average molecular weight is 498 g/mol. The van der Waals surface area contributed by atoms with Gasteiger partial charge in [0.05, 0.1) is 19.8 Å². The summed E-state index contributed by atoms with van der Waals surface area (Å²) in [5.41, 5.74) is 0.791. The number of methoxy groups -OCH3 is 2. The van der Waals surface area contributed by atoms with Crippen molar-refractivity contribution in [1.29, 1.82) is 0 Å². The first-order valence-corrected chi connectivity index (χ1v) is 12.2. The smallest absolute Gasteiger partial charge is 0.257 e. The van der Waals surface area contributed by atoms with E-state index in [1.54, 1.807) is 40.1 Å². The maximum atomic E-state index is 13.8. The van der Waals surface area contributed by atoms with Crippen molar-refractivity contribution in [2.75, 3.05) is 40.4 Å². The summed E-state index contributed by atoms with van der Waals surface area (Å²) in [6.07, 6.45) is 2.26. The maximum absolute atomic E-state index is 13.8. The highest BCUT2D eigenvalue weighted by atomic mass is 19.1. The maximum Gasteiger partial charge on any atom is 0.257 e. The Morgan fingerprint density at radius 1 is 1.00 bits per heavy atom. The fraction of sp³-hybridized carbons (Fsp3) is 0.444. The SMILES string of the molecule is COc1cc(C[C@@]2(CCC(=O)N3CCN(C(=O)c4ccccc4OC)CC3)CCC(=O)N2)ccc1F. The highest BCUT2D eigenvalue weighted by Crippen LogP contribution is 2.31. The Morgan fingerprint density at radius 2 is 1.69 bits per heavy atom. The first kappa shape index (κ1) is 25.5. The zero-order valence-corrected chi connectivity index (χ0v) is 20.7. The summed E-state index contributed by atoms with van der Waals surface area (Å²) in [7, 11) is 2.95. The van der Waals surface area contributed by atoms with Crippen LogP contribution in [0.3, 0.4) is 0 Å². The number of amides is 3. The van der Waals surface area contributed by atoms with E-state index < -0.39 is 11.4 Å². The van der Waals surface area contributed by atoms with E-state index in [-0.39, 0.29) is 29.9 Å². The van der Waals surface area contributed by atoms with E-state index >= 15 is 0 Å². The predicted octanol–water partition coefficient (Wildman–Crippen LogP) is 2.80. The number of benzene rings is 2. The molecule has 0 aliphatic carbocycles. The summed E-state index contributed by atoms with van der Waals surface area (Å²) in [4.78, 5) is 41.6. The van der Waals surface area contributed by atoms with Crippen LogP contribution in [0.1, 0.15) is 41.6 Å². The second-order valence-corrected chi connectivity index (χ2v) is 9.35. The van der Waals surface area contributed by atoms with Gasteiger partial charge in [-0.05, 0) is 49.1 Å². The van der Waals surface area contributed by atoms with Gasteiger partial charge in [-0.2, -0.15) is 0 Å². The van der Waals surface area contributed by atoms with Gasteiger partial charge in [-0.15, -0.1) is 0 Å². The van der Waals surface area contributed by atoms with Crippen molar-refractivity contribution in [3.8, 4) is 11.5 Å². The van der Waals surface area contributed by atoms with Gasteiger partial charge in [0.1, 0.15) is 5.75 Å². The number of nitrogens with one attached hydrogen (secondary N) is 1. The predicted molar refractivity (Wildman–Crippen MR) is 131 cm³/mol. The second-order valence-electron chi connectivity index (χ2n) is 9.35. The summed E-state index contributed by atoms with van der Waals surface area (Å²) in [6.45, 7) is 1.79. The fourth-order valence-electron chi connectivity index (χ4n) is 5.04. The molecule has 2 aromatic rings. The molecule has 0 aromatic heterocycles. The van der Waals surface area contributed by atoms with Crippen LogP contribution in [0.2, 0.25) is 0 Å². The first-order valence-electron chi connectivity index (χ1n) is 12.2. The molecule has 0 bridgehead atoms. The zero-order valence-electron chi connectivity index (χ0n) is 20.7. The van der Waals surface area contributed by atoms with E-state index in [1.807, 2.05) is 6.07 Å². The van der Waals surface area contributed by atoms with Crippen molar-refractivity contribution >= 4 is 17.7 Å². The molecule has 192 valence electrons. The summed E-state index contributed by atoms with van der Waals surface area (Å²) in [5.74, 6) is 0.0926. The Kier molecular flexibility index (Phi) is 7.76. The van der Waals surface area contributed by atoms with Crippen molar-refractivity contribution in [3.63, 3.8) is 0 Å². The van der Waals surface area contributed by atoms with Crippen LogP contribution in [0, 0.1) is 5.82 Å². The van der Waals surface area contributed by atoms with Gasteiger partial charge in [-0.1, -0.05) is 18.2 Å². The van der Waals surface area contributed by atoms with Gasteiger partial charge < -0.3 is 24.6 Å². The lowest BCUT2D eigenvalue weighted by Gasteiger charge is -2.36. The highest BCUT2D eigenvalue weighted by molar-refractivity contribution is 5.97. The molecule has 2 aliphatic rings. The number of ether oxygens (including phenoxy) is 2. The normalized spacial score (nSPS) is 19.7. The standard InChI is InChI=1S/C27H32FN3O5/c1-35-22-6-4-3-5-20(22)26(34)31-15-13-30(14-16-31)25(33)10-12-27(11-9-24(32)29-27)18-19-7-8-21(28)23(17-19)36-2/h3-8,17H,9-16,18H2,1-2H3,(H,29,32)/t27-/m0/s1. The highest BCUT2D eigenvalue weighted by Gasteiger charge is 2.38. The first-order chi connectivity index (χ1) is 17.3. The molecule has 0 radical (unpaired) electrons. The van der Waals surface area contributed by atoms with Crippen LogP contribution in [-0.2, 0) is 16.0 Å². The number of hydrogen-bond acceptors (Lipinski definition) is 5. The molecule has 2 aliphatic heterocycles. The minimum absolute atomic E-state index is 0.00315. The minimum Gasteiger partial charge on any atom is -0.496 e. The summed E-state index contributed by atoms with van der Waals surface area (Å²) in [6, 6.07) is 11.8. The number of nitrogens with zero attached hydrogens (tertiary/aromatic N) is 2. The third-order valence-electron chi connectivity index (χ3n) is 7.07. The monoisotopic (exact) mass is 497 g/mol. The van der Waals surface area contributed by atoms with Gasteiger partial charge in [0.2, 0.25) is 11.8 Å². The van der Waals surface area contributed by atoms with Crippen molar-refractivity contribution in [1.82, 2.24) is 15.1 Å². The van der Waals surface area contributed by atoms with Gasteiger partial charge in [-0.25, -0.2) is 4.39 Å². The van der Waals surface area contributed by atoms with Crippen molar-refractivity contribution in [2.24, 2.45) is 0 Å². The third-order valence-corrected chi connectivity index (χ3v) is 7.07. The summed E-state index contributed by atoms with van der Waals surface area (Å²) in [5, 5.41) is 3.07. The lowest BCUT2D eigenvalue weighted by molar-refractivity contribution is -0.133. The van der Waals surface area contributed by atoms with E-state index in [4.69, 9.17) is 9.47 Å². The van der Waals surface area contributed by atoms with Crippen LogP contribution >= 0.6 is 0 Å². The molecule has 1 N–H and O–H groups in total. The van der Waals surface area contributed by atoms with Crippen molar-refractivity contribution in [3.05, 3.63) is 59.4 Å². The topological polar surface area (TPSA) is 88.2 Å². The van der Waals surface area contributed by atoms with Crippen LogP contribution in [0.15, 0.2) is 42.5 Å². The molecular formula is C27H32FN3O5. The third kappa shape index (κ3) is 5.61. The number of carbonyl (C=O) groups is 3. The molecule has 2 heterocycles. The van der Waals surface area contributed by atoms with E-state index in [0.29, 0.717) is 63.2 Å². The minimum atomic E-state index is -0.558. The molecular weight excluding hydrogens is 465 g/mol. The molecule has 2 aromatic carbocycles. The number of halogens is 1. The Morgan fingerprint density at radius 3 is 2.36 bits per heavy atom. The largest absolute Gasteiger partial charge is 0.496 e. The lowest BCUT2D eigenvalue weighted by Crippen LogP contribution is -2.51. The van der Waals surface area contributed by atoms with Crippen molar-refractivity contribution < 1.29 is 28.2 Å². The second kappa shape index (κ2) is 11.0. The molecule has 1 atom stereocenters. The number of para-hydroxylation sites is 1. The number of hydrogen-bond donors (Lipinski definition) is 1. The number of rotatable bonds is 8. The van der Waals surface area contributed by atoms with Gasteiger partial charge in [0.15, 0.2) is 11.6 Å². The number of carbonyl (C=O) groups excluding carboxylic acids is 3. The van der Waals surface area contributed by atoms with E-state index in [1.165, 1.54) is 20.3 Å². The van der Waals surface area contributed by atoms with Crippen LogP contribution in [-0.4, -0.2) is 73.5 Å². The molecule has 2 saturated heterocycles. The molecule has 4 rings (SSSR count). The van der Waals surface area contributed by atoms with Crippen molar-refractivity contribution in [2.45, 2.75) is 37.6 Å². The van der Waals surface area contributed by atoms with Crippen LogP contribution in [0.4, 0.5) is 4.39 Å². The Hall–Kier alpha value is -3.62. The summed E-state index contributed by atoms with van der Waals surface area (Å²) >= 11 is 0. The van der Waals surface area contributed by atoms with Gasteiger partial charge in [0, 0.05) is 44.6 Å². The van der Waals surface area contributed by atoms with E-state index in [2.05, 4.69) is 5.32 Å². The van der Waals surface area contributed by atoms with Gasteiger partial charge >= 0.3 is 0 Å². The van der Waals surface area contributed by atoms with Crippen LogP contribution in [0.25, 0.3) is 0 Å². The zero-order chi connectivity index (χ0) is 25.7. The molecule has 0 unspecified atom stereocenters. The van der Waals surface area contributed by atoms with Gasteiger partial charge in [0.25, 0.3) is 5.91 Å². The molecule has 2 fully saturated rings. The molecule has 3 amide bonds. The molecule has 0 saturated carbocycles. The van der Waals surface area contributed by atoms with E-state index in [0.717, 1.165) is 5.56 Å². The quantitative estimate of drug-likeness (QED) is 0.606. The van der Waals surface area contributed by atoms with Gasteiger partial charge in [-0.3, -0.25) is 14.4 Å². The average Bonchev–Trinajstić information content (AvgIpc) is 3.28. The Labute approximate surface area is 210 Å². The van der Waals surface area contributed by atoms with Crippen LogP contribution in [0.5, 0.6) is 11.5 Å².